The van der Waals surface area contributed by atoms with Gasteiger partial charge in [0.1, 0.15) is 17.6 Å². The van der Waals surface area contributed by atoms with E-state index in [0.717, 1.165) is 16.0 Å². The molecule has 0 unspecified atom stereocenters. The molecule has 0 spiro atoms. The number of rotatable bonds is 7. The Hall–Kier alpha value is -4.60. The molecule has 41 heavy (non-hydrogen) atoms. The van der Waals surface area contributed by atoms with Crippen molar-refractivity contribution in [3.63, 3.8) is 0 Å². The van der Waals surface area contributed by atoms with Crippen LogP contribution in [0.5, 0.6) is 0 Å². The number of Topliss-reactive ketones (excluding diaryl/α,β-unsaturated/α-hetero) is 1. The number of aromatic nitrogens is 1. The summed E-state index contributed by atoms with van der Waals surface area (Å²) in [5.74, 6) is 0.608. The second-order valence-corrected chi connectivity index (χ2v) is 11.3. The van der Waals surface area contributed by atoms with Crippen LogP contribution in [0, 0.1) is 0 Å². The van der Waals surface area contributed by atoms with Crippen molar-refractivity contribution in [1.29, 1.82) is 0 Å². The summed E-state index contributed by atoms with van der Waals surface area (Å²) in [7, 11) is 0. The van der Waals surface area contributed by atoms with Crippen LogP contribution in [0.4, 0.5) is 0 Å². The highest BCUT2D eigenvalue weighted by molar-refractivity contribution is 7.10. The first-order valence-corrected chi connectivity index (χ1v) is 14.7. The summed E-state index contributed by atoms with van der Waals surface area (Å²) in [6.45, 7) is 3.48. The zero-order valence-corrected chi connectivity index (χ0v) is 23.8. The van der Waals surface area contributed by atoms with E-state index in [2.05, 4.69) is 0 Å². The summed E-state index contributed by atoms with van der Waals surface area (Å²) in [4.78, 5) is 45.1. The quantitative estimate of drug-likeness (QED) is 0.188. The molecule has 6 rings (SSSR count). The number of thiazole rings is 1. The van der Waals surface area contributed by atoms with Crippen LogP contribution >= 0.6 is 22.7 Å². The second-order valence-electron chi connectivity index (χ2n) is 9.28. The molecule has 204 valence electrons. The van der Waals surface area contributed by atoms with Crippen molar-refractivity contribution in [1.82, 2.24) is 4.57 Å². The predicted molar refractivity (Wildman–Crippen MR) is 160 cm³/mol. The predicted octanol–water partition coefficient (Wildman–Crippen LogP) is 5.46. The largest absolute Gasteiger partial charge is 0.463 e. The SMILES string of the molecule is CCOC(=O)C1=C(c2ccccc2)N=c2s/c(=C\c3ccc(-c4ccc(C(C)=O)cc4)o3)c(=O)n2[C@H]1c1cccs1. The van der Waals surface area contributed by atoms with Crippen molar-refractivity contribution in [3.8, 4) is 11.3 Å². The maximum atomic E-state index is 13.9. The Morgan fingerprint density at radius 3 is 2.46 bits per heavy atom. The van der Waals surface area contributed by atoms with Gasteiger partial charge >= 0.3 is 5.97 Å². The fraction of sp³-hybridized carbons (Fsp3) is 0.125. The Morgan fingerprint density at radius 2 is 1.78 bits per heavy atom. The molecular weight excluding hydrogens is 556 g/mol. The number of nitrogens with zero attached hydrogens (tertiary/aromatic N) is 2. The number of hydrogen-bond acceptors (Lipinski definition) is 8. The monoisotopic (exact) mass is 580 g/mol. The highest BCUT2D eigenvalue weighted by atomic mass is 32.1. The maximum absolute atomic E-state index is 13.9. The third-order valence-electron chi connectivity index (χ3n) is 6.66. The zero-order valence-electron chi connectivity index (χ0n) is 22.2. The first-order valence-electron chi connectivity index (χ1n) is 13.0. The fourth-order valence-electron chi connectivity index (χ4n) is 4.74. The Kier molecular flexibility index (Phi) is 7.21. The van der Waals surface area contributed by atoms with E-state index in [1.54, 1.807) is 35.8 Å². The molecule has 7 nitrogen and oxygen atoms in total. The van der Waals surface area contributed by atoms with Crippen LogP contribution in [0.15, 0.2) is 104 Å². The van der Waals surface area contributed by atoms with Crippen molar-refractivity contribution >= 4 is 46.2 Å². The van der Waals surface area contributed by atoms with Crippen molar-refractivity contribution in [2.24, 2.45) is 4.99 Å². The second kappa shape index (κ2) is 11.1. The number of hydrogen-bond donors (Lipinski definition) is 0. The van der Waals surface area contributed by atoms with E-state index in [1.807, 2.05) is 66.0 Å². The molecule has 1 atom stereocenters. The summed E-state index contributed by atoms with van der Waals surface area (Å²) in [6, 6.07) is 23.4. The average Bonchev–Trinajstić information content (AvgIpc) is 3.75. The van der Waals surface area contributed by atoms with E-state index in [0.29, 0.717) is 37.7 Å². The van der Waals surface area contributed by atoms with Gasteiger partial charge in [-0.1, -0.05) is 72.0 Å². The summed E-state index contributed by atoms with van der Waals surface area (Å²) >= 11 is 2.71. The van der Waals surface area contributed by atoms with Crippen LogP contribution in [-0.4, -0.2) is 22.9 Å². The van der Waals surface area contributed by atoms with E-state index in [-0.39, 0.29) is 17.9 Å². The number of benzene rings is 2. The molecule has 0 N–H and O–H groups in total. The number of thiophene rings is 1. The topological polar surface area (TPSA) is 90.9 Å². The Balaban J connectivity index is 1.50. The lowest BCUT2D eigenvalue weighted by Crippen LogP contribution is -2.39. The van der Waals surface area contributed by atoms with Crippen LogP contribution in [0.3, 0.4) is 0 Å². The van der Waals surface area contributed by atoms with Crippen LogP contribution in [0.25, 0.3) is 23.1 Å². The maximum Gasteiger partial charge on any atom is 0.338 e. The van der Waals surface area contributed by atoms with Gasteiger partial charge in [-0.05, 0) is 37.4 Å². The molecule has 0 amide bonds. The Morgan fingerprint density at radius 1 is 1.00 bits per heavy atom. The van der Waals surface area contributed by atoms with E-state index in [4.69, 9.17) is 14.1 Å². The van der Waals surface area contributed by atoms with E-state index in [9.17, 15) is 14.4 Å². The van der Waals surface area contributed by atoms with E-state index < -0.39 is 12.0 Å². The van der Waals surface area contributed by atoms with Gasteiger partial charge in [-0.25, -0.2) is 9.79 Å². The van der Waals surface area contributed by atoms with Gasteiger partial charge in [-0.2, -0.15) is 0 Å². The molecule has 4 heterocycles. The summed E-state index contributed by atoms with van der Waals surface area (Å²) in [5.41, 5.74) is 2.75. The van der Waals surface area contributed by atoms with Crippen molar-refractivity contribution < 1.29 is 18.7 Å². The normalized spacial score (nSPS) is 15.0. The van der Waals surface area contributed by atoms with Gasteiger partial charge in [0.2, 0.25) is 0 Å². The summed E-state index contributed by atoms with van der Waals surface area (Å²) < 4.78 is 13.5. The van der Waals surface area contributed by atoms with Crippen LogP contribution in [-0.2, 0) is 9.53 Å². The highest BCUT2D eigenvalue weighted by Crippen LogP contribution is 2.36. The molecule has 9 heteroatoms. The van der Waals surface area contributed by atoms with Gasteiger partial charge in [0.05, 0.1) is 22.4 Å². The van der Waals surface area contributed by atoms with Gasteiger partial charge in [-0.15, -0.1) is 11.3 Å². The van der Waals surface area contributed by atoms with Crippen LogP contribution < -0.4 is 14.9 Å². The molecule has 0 radical (unpaired) electrons. The lowest BCUT2D eigenvalue weighted by molar-refractivity contribution is -0.138. The van der Waals surface area contributed by atoms with E-state index >= 15 is 0 Å². The molecular formula is C32H24N2O5S2. The molecule has 0 saturated carbocycles. The van der Waals surface area contributed by atoms with Gasteiger partial charge in [0, 0.05) is 27.6 Å². The standard InChI is InChI=1S/C32H24N2O5S2/c1-3-38-31(37)27-28(22-8-5-4-6-9-22)33-32-34(29(27)25-10-7-17-40-25)30(36)26(41-32)18-23-15-16-24(39-23)21-13-11-20(12-14-21)19(2)35/h4-18,29H,3H2,1-2H3/b26-18-/t29-/m0/s1. The smallest absolute Gasteiger partial charge is 0.338 e. The lowest BCUT2D eigenvalue weighted by Gasteiger charge is -2.24. The molecule has 1 aliphatic heterocycles. The number of furan rings is 1. The number of ether oxygens (including phenoxy) is 1. The molecule has 0 bridgehead atoms. The highest BCUT2D eigenvalue weighted by Gasteiger charge is 2.35. The van der Waals surface area contributed by atoms with Crippen LogP contribution in [0.2, 0.25) is 0 Å². The Labute approximate surface area is 243 Å². The van der Waals surface area contributed by atoms with Crippen molar-refractivity contribution in [3.05, 3.63) is 131 Å². The molecule has 0 fully saturated rings. The first kappa shape index (κ1) is 26.6. The molecule has 1 aliphatic rings. The number of carbonyl (C=O) groups is 2. The lowest BCUT2D eigenvalue weighted by atomic mass is 9.97. The Bertz CT molecular complexity index is 1960. The van der Waals surface area contributed by atoms with Gasteiger partial charge in [0.15, 0.2) is 10.6 Å². The number of ketones is 1. The number of esters is 1. The zero-order chi connectivity index (χ0) is 28.5. The summed E-state index contributed by atoms with van der Waals surface area (Å²) in [6.07, 6.45) is 1.69. The average molecular weight is 581 g/mol. The molecule has 5 aromatic rings. The molecule has 0 aliphatic carbocycles. The molecule has 0 saturated heterocycles. The van der Waals surface area contributed by atoms with Crippen molar-refractivity contribution in [2.75, 3.05) is 6.61 Å². The molecule has 3 aromatic heterocycles. The summed E-state index contributed by atoms with van der Waals surface area (Å²) in [5, 5.41) is 1.92. The van der Waals surface area contributed by atoms with Gasteiger partial charge in [0.25, 0.3) is 5.56 Å². The number of fused-ring (bicyclic) bond motifs is 1. The van der Waals surface area contributed by atoms with Crippen LogP contribution in [0.1, 0.15) is 46.4 Å². The van der Waals surface area contributed by atoms with E-state index in [1.165, 1.54) is 29.6 Å². The minimum absolute atomic E-state index is 0.00514. The molecule has 2 aromatic carbocycles. The minimum Gasteiger partial charge on any atom is -0.463 e. The van der Waals surface area contributed by atoms with Gasteiger partial charge in [-0.3, -0.25) is 14.2 Å². The first-order chi connectivity index (χ1) is 19.9. The minimum atomic E-state index is -0.686. The van der Waals surface area contributed by atoms with Gasteiger partial charge < -0.3 is 9.15 Å². The third kappa shape index (κ3) is 5.05. The number of carbonyl (C=O) groups excluding carboxylic acids is 2. The third-order valence-corrected chi connectivity index (χ3v) is 8.57. The fourth-order valence-corrected chi connectivity index (χ4v) is 6.54. The van der Waals surface area contributed by atoms with Crippen molar-refractivity contribution in [2.45, 2.75) is 19.9 Å².